The summed E-state index contributed by atoms with van der Waals surface area (Å²) >= 11 is 5.82. The lowest BCUT2D eigenvalue weighted by Crippen LogP contribution is -2.49. The summed E-state index contributed by atoms with van der Waals surface area (Å²) in [4.78, 5) is 22.0. The molecule has 1 fully saturated rings. The van der Waals surface area contributed by atoms with E-state index in [9.17, 15) is 18.0 Å². The maximum Gasteiger partial charge on any atom is 0.417 e. The van der Waals surface area contributed by atoms with E-state index < -0.39 is 17.2 Å². The summed E-state index contributed by atoms with van der Waals surface area (Å²) in [5.74, 6) is 0.535. The number of aliphatic imine (C=N–C) groups is 1. The number of halogens is 5. The third-order valence-corrected chi connectivity index (χ3v) is 5.28. The smallest absolute Gasteiger partial charge is 0.417 e. The van der Waals surface area contributed by atoms with Crippen LogP contribution in [0.3, 0.4) is 0 Å². The highest BCUT2D eigenvalue weighted by molar-refractivity contribution is 14.0. The summed E-state index contributed by atoms with van der Waals surface area (Å²) in [6.45, 7) is 0.894. The highest BCUT2D eigenvalue weighted by Crippen LogP contribution is 2.39. The minimum Gasteiger partial charge on any atom is -0.475 e. The summed E-state index contributed by atoms with van der Waals surface area (Å²) in [5.41, 5.74) is -1.37. The number of rotatable bonds is 7. The summed E-state index contributed by atoms with van der Waals surface area (Å²) < 4.78 is 43.3. The molecule has 31 heavy (non-hydrogen) atoms. The van der Waals surface area contributed by atoms with Gasteiger partial charge >= 0.3 is 6.18 Å². The van der Waals surface area contributed by atoms with E-state index in [1.165, 1.54) is 0 Å². The first-order chi connectivity index (χ1) is 14.1. The van der Waals surface area contributed by atoms with Crippen molar-refractivity contribution < 1.29 is 22.7 Å². The monoisotopic (exact) mass is 577 g/mol. The van der Waals surface area contributed by atoms with Crippen LogP contribution in [0.2, 0.25) is 5.02 Å². The number of guanidine groups is 1. The van der Waals surface area contributed by atoms with Crippen molar-refractivity contribution in [1.82, 2.24) is 20.5 Å². The summed E-state index contributed by atoms with van der Waals surface area (Å²) in [5, 5.41) is 6.02. The molecule has 0 spiro atoms. The van der Waals surface area contributed by atoms with E-state index >= 15 is 0 Å². The number of pyridine rings is 1. The lowest BCUT2D eigenvalue weighted by atomic mass is 9.84. The Morgan fingerprint density at radius 3 is 2.48 bits per heavy atom. The molecule has 7 nitrogen and oxygen atoms in total. The van der Waals surface area contributed by atoms with Gasteiger partial charge in [0, 0.05) is 33.9 Å². The molecule has 0 saturated heterocycles. The fourth-order valence-corrected chi connectivity index (χ4v) is 3.69. The summed E-state index contributed by atoms with van der Waals surface area (Å²) in [7, 11) is 5.13. The molecule has 1 aliphatic rings. The highest BCUT2D eigenvalue weighted by atomic mass is 127. The van der Waals surface area contributed by atoms with Crippen molar-refractivity contribution in [3.63, 3.8) is 0 Å². The Labute approximate surface area is 202 Å². The molecule has 0 aromatic carbocycles. The Kier molecular flexibility index (Phi) is 10.6. The Morgan fingerprint density at radius 1 is 1.32 bits per heavy atom. The minimum atomic E-state index is -4.51. The van der Waals surface area contributed by atoms with Crippen molar-refractivity contribution in [1.29, 1.82) is 0 Å². The highest BCUT2D eigenvalue weighted by Gasteiger charge is 2.42. The van der Waals surface area contributed by atoms with Crippen molar-refractivity contribution in [2.24, 2.45) is 10.4 Å². The zero-order valence-electron chi connectivity index (χ0n) is 17.7. The normalized spacial score (nSPS) is 15.8. The Bertz CT molecular complexity index is 771. The molecule has 0 atom stereocenters. The number of alkyl halides is 3. The molecule has 2 rings (SSSR count). The van der Waals surface area contributed by atoms with Crippen molar-refractivity contribution in [2.45, 2.75) is 31.9 Å². The van der Waals surface area contributed by atoms with Gasteiger partial charge in [0.15, 0.2) is 5.96 Å². The quantitative estimate of drug-likeness (QED) is 0.224. The van der Waals surface area contributed by atoms with Crippen LogP contribution in [0.1, 0.15) is 31.2 Å². The van der Waals surface area contributed by atoms with Gasteiger partial charge in [0.2, 0.25) is 11.8 Å². The van der Waals surface area contributed by atoms with Gasteiger partial charge in [-0.25, -0.2) is 4.98 Å². The molecule has 1 amide bonds. The number of carbonyl (C=O) groups excluding carboxylic acids is 1. The zero-order chi connectivity index (χ0) is 22.4. The molecule has 0 aliphatic heterocycles. The van der Waals surface area contributed by atoms with Gasteiger partial charge in [0.1, 0.15) is 11.6 Å². The van der Waals surface area contributed by atoms with E-state index in [-0.39, 0.29) is 47.4 Å². The number of aromatic nitrogens is 1. The van der Waals surface area contributed by atoms with Crippen molar-refractivity contribution >= 4 is 47.4 Å². The summed E-state index contributed by atoms with van der Waals surface area (Å²) in [6.07, 6.45) is -0.147. The van der Waals surface area contributed by atoms with Crippen LogP contribution < -0.4 is 15.4 Å². The van der Waals surface area contributed by atoms with Gasteiger partial charge in [0.05, 0.1) is 17.5 Å². The Balaban J connectivity index is 0.00000480. The fourth-order valence-electron chi connectivity index (χ4n) is 3.47. The average Bonchev–Trinajstić information content (AvgIpc) is 3.17. The molecule has 0 bridgehead atoms. The lowest BCUT2D eigenvalue weighted by Gasteiger charge is -2.31. The SMILES string of the molecule is CN=C(NCCOc1ncc(C(F)(F)F)cc1Cl)NCC1(C(=O)N(C)C)CCCC1.I. The van der Waals surface area contributed by atoms with Crippen LogP contribution in [0, 0.1) is 5.41 Å². The van der Waals surface area contributed by atoms with Gasteiger partial charge in [-0.1, -0.05) is 24.4 Å². The standard InChI is InChI=1S/C19H27ClF3N5O2.HI/c1-24-17(27-12-18(6-4-5-7-18)16(29)28(2)3)25-8-9-30-15-14(20)10-13(11-26-15)19(21,22)23;/h10-11H,4-9,12H2,1-3H3,(H2,24,25,27);1H. The largest absolute Gasteiger partial charge is 0.475 e. The number of amides is 1. The molecule has 1 aromatic heterocycles. The van der Waals surface area contributed by atoms with Gasteiger partial charge in [0.25, 0.3) is 0 Å². The van der Waals surface area contributed by atoms with Crippen molar-refractivity contribution in [3.05, 3.63) is 22.8 Å². The molecular weight excluding hydrogens is 550 g/mol. The van der Waals surface area contributed by atoms with E-state index in [0.717, 1.165) is 31.7 Å². The topological polar surface area (TPSA) is 78.9 Å². The zero-order valence-corrected chi connectivity index (χ0v) is 20.8. The number of hydrogen-bond donors (Lipinski definition) is 2. The molecular formula is C19H28ClF3IN5O2. The molecule has 1 heterocycles. The maximum atomic E-state index is 12.6. The van der Waals surface area contributed by atoms with Crippen molar-refractivity contribution in [2.75, 3.05) is 40.8 Å². The van der Waals surface area contributed by atoms with Crippen LogP contribution in [0.4, 0.5) is 13.2 Å². The first-order valence-corrected chi connectivity index (χ1v) is 9.99. The first kappa shape index (κ1) is 27.5. The van der Waals surface area contributed by atoms with Crippen LogP contribution in [0.15, 0.2) is 17.3 Å². The predicted octanol–water partition coefficient (Wildman–Crippen LogP) is 3.56. The number of ether oxygens (including phenoxy) is 1. The fraction of sp³-hybridized carbons (Fsp3) is 0.632. The van der Waals surface area contributed by atoms with E-state index in [4.69, 9.17) is 16.3 Å². The Hall–Kier alpha value is -1.50. The number of nitrogens with zero attached hydrogens (tertiary/aromatic N) is 3. The van der Waals surface area contributed by atoms with E-state index in [1.807, 2.05) is 0 Å². The van der Waals surface area contributed by atoms with E-state index in [2.05, 4.69) is 20.6 Å². The molecule has 1 aromatic rings. The van der Waals surface area contributed by atoms with Gasteiger partial charge in [-0.05, 0) is 18.9 Å². The van der Waals surface area contributed by atoms with Crippen LogP contribution in [0.5, 0.6) is 5.88 Å². The second-order valence-electron chi connectivity index (χ2n) is 7.40. The van der Waals surface area contributed by atoms with E-state index in [1.54, 1.807) is 26.0 Å². The summed E-state index contributed by atoms with van der Waals surface area (Å²) in [6, 6.07) is 0.778. The molecule has 12 heteroatoms. The maximum absolute atomic E-state index is 12.6. The van der Waals surface area contributed by atoms with Gasteiger partial charge in [-0.2, -0.15) is 13.2 Å². The van der Waals surface area contributed by atoms with Gasteiger partial charge in [-0.15, -0.1) is 24.0 Å². The Morgan fingerprint density at radius 2 is 1.97 bits per heavy atom. The van der Waals surface area contributed by atoms with Crippen LogP contribution >= 0.6 is 35.6 Å². The number of nitrogens with one attached hydrogen (secondary N) is 2. The van der Waals surface area contributed by atoms with Crippen LogP contribution in [0.25, 0.3) is 0 Å². The average molecular weight is 578 g/mol. The molecule has 0 unspecified atom stereocenters. The van der Waals surface area contributed by atoms with E-state index in [0.29, 0.717) is 25.2 Å². The first-order valence-electron chi connectivity index (χ1n) is 9.61. The van der Waals surface area contributed by atoms with Crippen molar-refractivity contribution in [3.8, 4) is 5.88 Å². The lowest BCUT2D eigenvalue weighted by molar-refractivity contribution is -0.139. The molecule has 176 valence electrons. The third kappa shape index (κ3) is 7.55. The second-order valence-corrected chi connectivity index (χ2v) is 7.80. The van der Waals surface area contributed by atoms with Crippen LogP contribution in [-0.4, -0.2) is 62.6 Å². The molecule has 1 saturated carbocycles. The minimum absolute atomic E-state index is 0. The molecule has 2 N–H and O–H groups in total. The molecule has 0 radical (unpaired) electrons. The van der Waals surface area contributed by atoms with Gasteiger partial charge < -0.3 is 20.3 Å². The third-order valence-electron chi connectivity index (χ3n) is 5.01. The second kappa shape index (κ2) is 11.9. The number of carbonyl (C=O) groups is 1. The number of hydrogen-bond acceptors (Lipinski definition) is 4. The van der Waals surface area contributed by atoms with Gasteiger partial charge in [-0.3, -0.25) is 9.79 Å². The predicted molar refractivity (Wildman–Crippen MR) is 124 cm³/mol. The molecule has 1 aliphatic carbocycles. The van der Waals surface area contributed by atoms with Crippen LogP contribution in [-0.2, 0) is 11.0 Å².